The first-order valence-electron chi connectivity index (χ1n) is 4.45. The largest absolute Gasteiger partial charge is 0.472 e. The van der Waals surface area contributed by atoms with Crippen molar-refractivity contribution in [2.45, 2.75) is 30.6 Å². The average molecular weight is 198 g/mol. The fraction of sp³-hybridized carbons (Fsp3) is 0.600. The summed E-state index contributed by atoms with van der Waals surface area (Å²) in [4.78, 5) is 0. The molecule has 0 radical (unpaired) electrons. The van der Waals surface area contributed by atoms with Crippen molar-refractivity contribution in [3.63, 3.8) is 0 Å². The Hall–Kier alpha value is -0.410. The van der Waals surface area contributed by atoms with Gasteiger partial charge in [0.25, 0.3) is 0 Å². The number of rotatable bonds is 3. The minimum atomic E-state index is -0.360. The Morgan fingerprint density at radius 3 is 2.62 bits per heavy atom. The van der Waals surface area contributed by atoms with E-state index in [-0.39, 0.29) is 10.9 Å². The van der Waals surface area contributed by atoms with E-state index in [1.54, 1.807) is 24.3 Å². The second-order valence-corrected chi connectivity index (χ2v) is 4.90. The normalized spacial score (nSPS) is 21.5. The van der Waals surface area contributed by atoms with Gasteiger partial charge < -0.3 is 9.52 Å². The number of hydrogen-bond donors (Lipinski definition) is 1. The summed E-state index contributed by atoms with van der Waals surface area (Å²) in [5.41, 5.74) is 2.00. The van der Waals surface area contributed by atoms with E-state index in [1.165, 1.54) is 0 Å². The molecule has 1 aliphatic carbocycles. The first kappa shape index (κ1) is 9.16. The zero-order valence-corrected chi connectivity index (χ0v) is 8.73. The maximum Gasteiger partial charge on any atom is 0.0970 e. The second kappa shape index (κ2) is 3.07. The summed E-state index contributed by atoms with van der Waals surface area (Å²) in [6.45, 7) is 1.97. The molecule has 1 fully saturated rings. The molecule has 0 bridgehead atoms. The molecule has 1 atom stereocenters. The van der Waals surface area contributed by atoms with Gasteiger partial charge in [0.05, 0.1) is 18.6 Å². The van der Waals surface area contributed by atoms with Gasteiger partial charge in [0, 0.05) is 10.3 Å². The van der Waals surface area contributed by atoms with Crippen LogP contribution < -0.4 is 0 Å². The van der Waals surface area contributed by atoms with Gasteiger partial charge in [0.2, 0.25) is 0 Å². The van der Waals surface area contributed by atoms with Crippen molar-refractivity contribution in [2.75, 3.05) is 6.26 Å². The Morgan fingerprint density at radius 2 is 2.23 bits per heavy atom. The Morgan fingerprint density at radius 1 is 1.54 bits per heavy atom. The van der Waals surface area contributed by atoms with E-state index in [4.69, 9.17) is 4.42 Å². The Balaban J connectivity index is 2.22. The Labute approximate surface area is 82.3 Å². The van der Waals surface area contributed by atoms with Crippen molar-refractivity contribution in [1.29, 1.82) is 0 Å². The lowest BCUT2D eigenvalue weighted by Gasteiger charge is -2.19. The highest BCUT2D eigenvalue weighted by Gasteiger charge is 2.49. The van der Waals surface area contributed by atoms with Gasteiger partial charge in [-0.05, 0) is 31.6 Å². The van der Waals surface area contributed by atoms with E-state index in [1.807, 2.05) is 6.92 Å². The smallest absolute Gasteiger partial charge is 0.0970 e. The third kappa shape index (κ3) is 1.40. The topological polar surface area (TPSA) is 33.4 Å². The summed E-state index contributed by atoms with van der Waals surface area (Å²) in [6.07, 6.45) is 7.28. The van der Waals surface area contributed by atoms with Crippen molar-refractivity contribution in [3.05, 3.63) is 23.7 Å². The number of hydrogen-bond acceptors (Lipinski definition) is 3. The third-order valence-electron chi connectivity index (χ3n) is 2.84. The highest BCUT2D eigenvalue weighted by Crippen LogP contribution is 2.55. The zero-order chi connectivity index (χ0) is 9.47. The van der Waals surface area contributed by atoms with Crippen LogP contribution in [-0.2, 0) is 0 Å². The van der Waals surface area contributed by atoms with Crippen molar-refractivity contribution in [1.82, 2.24) is 0 Å². The van der Waals surface area contributed by atoms with Crippen molar-refractivity contribution >= 4 is 11.8 Å². The third-order valence-corrected chi connectivity index (χ3v) is 4.28. The van der Waals surface area contributed by atoms with Crippen molar-refractivity contribution in [2.24, 2.45) is 0 Å². The van der Waals surface area contributed by atoms with Gasteiger partial charge in [-0.15, -0.1) is 0 Å². The molecule has 3 heteroatoms. The molecule has 0 amide bonds. The number of aliphatic hydroxyl groups is 1. The van der Waals surface area contributed by atoms with Gasteiger partial charge >= 0.3 is 0 Å². The Kier molecular flexibility index (Phi) is 2.16. The summed E-state index contributed by atoms with van der Waals surface area (Å²) in [6, 6.07) is 0. The van der Waals surface area contributed by atoms with E-state index in [0.717, 1.165) is 24.0 Å². The molecule has 0 spiro atoms. The molecule has 0 saturated heterocycles. The van der Waals surface area contributed by atoms with Crippen LogP contribution in [0.15, 0.2) is 16.9 Å². The van der Waals surface area contributed by atoms with Gasteiger partial charge in [-0.25, -0.2) is 0 Å². The molecule has 13 heavy (non-hydrogen) atoms. The lowest BCUT2D eigenvalue weighted by molar-refractivity contribution is 0.166. The first-order chi connectivity index (χ1) is 6.19. The van der Waals surface area contributed by atoms with E-state index in [2.05, 4.69) is 6.26 Å². The fourth-order valence-corrected chi connectivity index (χ4v) is 2.51. The minimum absolute atomic E-state index is 0.0780. The molecular formula is C10H14O2S. The molecular weight excluding hydrogens is 184 g/mol. The fourth-order valence-electron chi connectivity index (χ4n) is 1.65. The first-order valence-corrected chi connectivity index (χ1v) is 5.68. The van der Waals surface area contributed by atoms with Crippen molar-refractivity contribution < 1.29 is 9.52 Å². The predicted molar refractivity (Wildman–Crippen MR) is 53.9 cm³/mol. The molecule has 1 aliphatic rings. The number of aliphatic hydroxyl groups excluding tert-OH is 1. The van der Waals surface area contributed by atoms with Gasteiger partial charge in [-0.1, -0.05) is 0 Å². The summed E-state index contributed by atoms with van der Waals surface area (Å²) >= 11 is 1.76. The second-order valence-electron chi connectivity index (χ2n) is 3.68. The molecule has 2 rings (SSSR count). The van der Waals surface area contributed by atoms with Crippen LogP contribution in [0.2, 0.25) is 0 Å². The van der Waals surface area contributed by atoms with Gasteiger partial charge in [0.1, 0.15) is 0 Å². The summed E-state index contributed by atoms with van der Waals surface area (Å²) < 4.78 is 5.14. The molecule has 1 N–H and O–H groups in total. The summed E-state index contributed by atoms with van der Waals surface area (Å²) in [7, 11) is 0. The van der Waals surface area contributed by atoms with E-state index in [9.17, 15) is 5.11 Å². The van der Waals surface area contributed by atoms with Crippen molar-refractivity contribution in [3.8, 4) is 0 Å². The molecule has 2 nitrogen and oxygen atoms in total. The summed E-state index contributed by atoms with van der Waals surface area (Å²) in [5.74, 6) is 0. The molecule has 1 saturated carbocycles. The molecule has 0 aromatic carbocycles. The van der Waals surface area contributed by atoms with Crippen LogP contribution in [0.1, 0.15) is 30.1 Å². The quantitative estimate of drug-likeness (QED) is 0.810. The highest BCUT2D eigenvalue weighted by molar-refractivity contribution is 8.00. The van der Waals surface area contributed by atoms with Gasteiger partial charge in [-0.3, -0.25) is 0 Å². The molecule has 1 aromatic rings. The van der Waals surface area contributed by atoms with Gasteiger partial charge in [-0.2, -0.15) is 11.8 Å². The maximum atomic E-state index is 10.1. The van der Waals surface area contributed by atoms with E-state index < -0.39 is 0 Å². The maximum absolute atomic E-state index is 10.1. The number of thioether (sulfide) groups is 1. The van der Waals surface area contributed by atoms with Crippen LogP contribution >= 0.6 is 11.8 Å². The zero-order valence-electron chi connectivity index (χ0n) is 7.91. The van der Waals surface area contributed by atoms with E-state index >= 15 is 0 Å². The Bertz CT molecular complexity index is 302. The highest BCUT2D eigenvalue weighted by atomic mass is 32.2. The van der Waals surface area contributed by atoms with Gasteiger partial charge in [0.15, 0.2) is 0 Å². The summed E-state index contributed by atoms with van der Waals surface area (Å²) in [5, 5.41) is 10.1. The van der Waals surface area contributed by atoms with Crippen LogP contribution in [0.5, 0.6) is 0 Å². The number of aryl methyl sites for hydroxylation is 1. The lowest BCUT2D eigenvalue weighted by atomic mass is 10.1. The SMILES string of the molecule is CSC1(C(O)c2cocc2C)CC1. The van der Waals surface area contributed by atoms with Crippen LogP contribution in [0.4, 0.5) is 0 Å². The standard InChI is InChI=1S/C10H14O2S/c1-7-5-12-6-8(7)9(11)10(13-2)3-4-10/h5-6,9,11H,3-4H2,1-2H3. The van der Waals surface area contributed by atoms with Crippen LogP contribution in [-0.4, -0.2) is 16.1 Å². The van der Waals surface area contributed by atoms with Crippen LogP contribution in [0.3, 0.4) is 0 Å². The monoisotopic (exact) mass is 198 g/mol. The average Bonchev–Trinajstić information content (AvgIpc) is 2.83. The minimum Gasteiger partial charge on any atom is -0.472 e. The molecule has 0 aliphatic heterocycles. The molecule has 1 unspecified atom stereocenters. The predicted octanol–water partition coefficient (Wildman–Crippen LogP) is 2.52. The van der Waals surface area contributed by atoms with Crippen LogP contribution in [0, 0.1) is 6.92 Å². The molecule has 1 aromatic heterocycles. The van der Waals surface area contributed by atoms with Crippen LogP contribution in [0.25, 0.3) is 0 Å². The number of furan rings is 1. The lowest BCUT2D eigenvalue weighted by Crippen LogP contribution is -2.15. The molecule has 1 heterocycles. The molecule has 72 valence electrons. The van der Waals surface area contributed by atoms with E-state index in [0.29, 0.717) is 0 Å².